The second kappa shape index (κ2) is 38.1. The third-order valence-electron chi connectivity index (χ3n) is 15.5. The summed E-state index contributed by atoms with van der Waals surface area (Å²) in [5.74, 6) is 4.11. The fraction of sp³-hybridized carbons (Fsp3) is 0.378. The van der Waals surface area contributed by atoms with E-state index in [9.17, 15) is 0 Å². The van der Waals surface area contributed by atoms with Gasteiger partial charge in [-0.3, -0.25) is 0 Å². The van der Waals surface area contributed by atoms with Crippen molar-refractivity contribution in [3.05, 3.63) is 273 Å². The van der Waals surface area contributed by atoms with Gasteiger partial charge in [0.1, 0.15) is 5.84 Å². The average molecular weight is 1270 g/mol. The zero-order valence-electron chi connectivity index (χ0n) is 58.7. The maximum Gasteiger partial charge on any atom is 0.138 e. The number of nitrogens with one attached hydrogen (secondary N) is 1. The topological polar surface area (TPSA) is 59.1 Å². The number of hydrogen-bond acceptors (Lipinski definition) is 3. The van der Waals surface area contributed by atoms with Crippen molar-refractivity contribution >= 4 is 40.0 Å². The number of anilines is 3. The van der Waals surface area contributed by atoms with Crippen LogP contribution < -0.4 is 15.1 Å². The van der Waals surface area contributed by atoms with Crippen LogP contribution >= 0.6 is 0 Å². The molecular weight excluding hydrogens is 1160 g/mol. The van der Waals surface area contributed by atoms with Crippen molar-refractivity contribution in [3.63, 3.8) is 0 Å². The Morgan fingerprint density at radius 2 is 0.640 bits per heavy atom. The molecular formula is C82H110N6Y-4. The first-order valence-electron chi connectivity index (χ1n) is 32.4. The quantitative estimate of drug-likeness (QED) is 0.0529. The normalized spacial score (nSPS) is 11.1. The Bertz CT molecular complexity index is 3130. The monoisotopic (exact) mass is 1270 g/mol. The molecule has 0 saturated carbocycles. The molecule has 1 N–H and O–H groups in total. The van der Waals surface area contributed by atoms with Gasteiger partial charge in [-0.2, -0.15) is 43.3 Å². The van der Waals surface area contributed by atoms with Crippen LogP contribution in [0.15, 0.2) is 187 Å². The Balaban J connectivity index is 0.000000345. The zero-order chi connectivity index (χ0) is 65.4. The number of para-hydroxylation sites is 6. The summed E-state index contributed by atoms with van der Waals surface area (Å²) < 4.78 is 0. The molecule has 7 heteroatoms. The number of rotatable bonds is 18. The first-order valence-corrected chi connectivity index (χ1v) is 32.4. The van der Waals surface area contributed by atoms with Gasteiger partial charge in [0.15, 0.2) is 0 Å². The van der Waals surface area contributed by atoms with Crippen LogP contribution in [-0.2, 0) is 32.7 Å². The molecule has 6 nitrogen and oxygen atoms in total. The summed E-state index contributed by atoms with van der Waals surface area (Å²) >= 11 is 0. The summed E-state index contributed by atoms with van der Waals surface area (Å²) in [6.07, 6.45) is -0.291. The summed E-state index contributed by atoms with van der Waals surface area (Å²) in [5.41, 5.74) is 21.6. The number of benzene rings is 8. The van der Waals surface area contributed by atoms with Gasteiger partial charge in [0.2, 0.25) is 0 Å². The van der Waals surface area contributed by atoms with E-state index in [2.05, 4.69) is 285 Å². The molecule has 0 atom stereocenters. The molecule has 0 aromatic heterocycles. The molecule has 0 aliphatic heterocycles. The molecule has 8 aromatic carbocycles. The maximum atomic E-state index is 5.40. The van der Waals surface area contributed by atoms with Crippen molar-refractivity contribution in [2.75, 3.05) is 43.3 Å². The van der Waals surface area contributed by atoms with E-state index in [0.717, 1.165) is 45.2 Å². The van der Waals surface area contributed by atoms with Crippen LogP contribution in [0.2, 0.25) is 0 Å². The number of nitrogens with zero attached hydrogens (tertiary/aromatic N) is 5. The van der Waals surface area contributed by atoms with E-state index in [1.807, 2.05) is 78.4 Å². The molecule has 0 amide bonds. The maximum absolute atomic E-state index is 5.40. The Labute approximate surface area is 568 Å². The van der Waals surface area contributed by atoms with Crippen LogP contribution in [0, 0.1) is 13.8 Å². The Morgan fingerprint density at radius 3 is 0.933 bits per heavy atom. The van der Waals surface area contributed by atoms with E-state index < -0.39 is 0 Å². The van der Waals surface area contributed by atoms with E-state index in [1.54, 1.807) is 0 Å². The van der Waals surface area contributed by atoms with Gasteiger partial charge in [-0.05, 0) is 97.8 Å². The number of hydrogen-bond donors (Lipinski definition) is 1. The second-order valence-corrected chi connectivity index (χ2v) is 25.4. The smallest absolute Gasteiger partial charge is 0.138 e. The van der Waals surface area contributed by atoms with Crippen LogP contribution in [-0.4, -0.2) is 34.0 Å². The van der Waals surface area contributed by atoms with Crippen LogP contribution in [0.1, 0.15) is 245 Å². The van der Waals surface area contributed by atoms with Crippen LogP contribution in [0.5, 0.6) is 0 Å². The van der Waals surface area contributed by atoms with Crippen LogP contribution in [0.4, 0.5) is 34.1 Å². The fourth-order valence-electron chi connectivity index (χ4n) is 10.6. The van der Waals surface area contributed by atoms with Crippen molar-refractivity contribution in [1.29, 1.82) is 0 Å². The van der Waals surface area contributed by atoms with Crippen molar-refractivity contribution in [2.45, 2.75) is 178 Å². The molecule has 0 unspecified atom stereocenters. The first kappa shape index (κ1) is 76.5. The molecule has 89 heavy (non-hydrogen) atoms. The standard InChI is InChI=1S/2C31H40N2.2C9H12N.C2H6.Y/c2*1-20(2)25-16-12-17-26(21(3)4)29(25)32-31(24-14-10-9-11-15-24)33-30-27(22(5)6)18-13-19-28(30)23(7)8;2*1-8-6-4-5-7-9(8)10(2)3;1-2;/h9-23H,1-8H3,(H,32,33);9-23,31H,1-8H3;2*4-7H,1H2,2-3H3;1-2H3;/q;-2;2*-1;;. The Hall–Kier alpha value is -6.73. The average Bonchev–Trinajstić information content (AvgIpc) is 1.29. The minimum atomic E-state index is -0.291. The molecule has 1 radical (unpaired) electrons. The minimum absolute atomic E-state index is 0. The summed E-state index contributed by atoms with van der Waals surface area (Å²) in [6.45, 7) is 47.8. The zero-order valence-corrected chi connectivity index (χ0v) is 61.6. The molecule has 0 aliphatic rings. The van der Waals surface area contributed by atoms with Crippen molar-refractivity contribution in [1.82, 2.24) is 0 Å². The predicted molar refractivity (Wildman–Crippen MR) is 392 cm³/mol. The molecule has 0 bridgehead atoms. The van der Waals surface area contributed by atoms with Gasteiger partial charge in [-0.1, -0.05) is 322 Å². The van der Waals surface area contributed by atoms with E-state index in [0.29, 0.717) is 47.3 Å². The third kappa shape index (κ3) is 22.3. The van der Waals surface area contributed by atoms with Crippen molar-refractivity contribution in [2.24, 2.45) is 4.99 Å². The third-order valence-corrected chi connectivity index (χ3v) is 15.5. The van der Waals surface area contributed by atoms with Gasteiger partial charge in [-0.25, -0.2) is 4.99 Å². The Kier molecular flexibility index (Phi) is 32.7. The van der Waals surface area contributed by atoms with Crippen LogP contribution in [0.25, 0.3) is 10.6 Å². The summed E-state index contributed by atoms with van der Waals surface area (Å²) in [6, 6.07) is 63.7. The van der Waals surface area contributed by atoms with Crippen molar-refractivity contribution < 1.29 is 32.7 Å². The molecule has 0 saturated heterocycles. The SMILES string of the molecule is CC.CC(C)c1cccc(C(C)C)c1N=C(Nc1c(C(C)C)cccc1C(C)C)c1ccccc1.CC(C)c1cccc(C(C)C)c1[N-]C([N-]c1c(C(C)C)cccc1C(C)C)c1ccccc1.[CH2-]c1ccccc1N(C)C.[CH2-]c1ccccc1N(C)C.[Y]. The van der Waals surface area contributed by atoms with E-state index in [-0.39, 0.29) is 38.9 Å². The summed E-state index contributed by atoms with van der Waals surface area (Å²) in [5, 5.41) is 14.6. The van der Waals surface area contributed by atoms with Gasteiger partial charge < -0.3 is 25.8 Å². The Morgan fingerprint density at radius 1 is 0.360 bits per heavy atom. The van der Waals surface area contributed by atoms with Gasteiger partial charge in [0.25, 0.3) is 0 Å². The minimum Gasteiger partial charge on any atom is -0.693 e. The molecule has 0 fully saturated rings. The molecule has 8 rings (SSSR count). The molecule has 0 heterocycles. The second-order valence-electron chi connectivity index (χ2n) is 25.4. The van der Waals surface area contributed by atoms with E-state index in [4.69, 9.17) is 15.6 Å². The van der Waals surface area contributed by atoms with Gasteiger partial charge in [0, 0.05) is 44.0 Å². The molecule has 475 valence electrons. The predicted octanol–water partition coefficient (Wildman–Crippen LogP) is 24.9. The van der Waals surface area contributed by atoms with E-state index >= 15 is 0 Å². The number of amidine groups is 1. The van der Waals surface area contributed by atoms with Gasteiger partial charge in [0.05, 0.1) is 5.69 Å². The molecule has 0 spiro atoms. The first-order chi connectivity index (χ1) is 41.8. The molecule has 0 aliphatic carbocycles. The summed E-state index contributed by atoms with van der Waals surface area (Å²) in [7, 11) is 8.07. The van der Waals surface area contributed by atoms with Gasteiger partial charge >= 0.3 is 0 Å². The van der Waals surface area contributed by atoms with Crippen molar-refractivity contribution in [3.8, 4) is 0 Å². The van der Waals surface area contributed by atoms with Gasteiger partial charge in [-0.15, -0.1) is 23.5 Å². The number of aliphatic imine (C=N–C) groups is 1. The van der Waals surface area contributed by atoms with Crippen LogP contribution in [0.3, 0.4) is 0 Å². The van der Waals surface area contributed by atoms with E-state index in [1.165, 1.54) is 61.6 Å². The summed E-state index contributed by atoms with van der Waals surface area (Å²) in [4.78, 5) is 9.49. The molecule has 8 aromatic rings. The largest absolute Gasteiger partial charge is 0.693 e. The fourth-order valence-corrected chi connectivity index (χ4v) is 10.6.